The van der Waals surface area contributed by atoms with Crippen LogP contribution in [-0.4, -0.2) is 27.4 Å². The van der Waals surface area contributed by atoms with Gasteiger partial charge >= 0.3 is 0 Å². The third-order valence-electron chi connectivity index (χ3n) is 3.95. The molecular formula is C19H21N7O. The molecule has 6 N–H and O–H groups in total. The van der Waals surface area contributed by atoms with Crippen LogP contribution >= 0.6 is 0 Å². The van der Waals surface area contributed by atoms with E-state index in [-0.39, 0.29) is 11.9 Å². The molecule has 0 aliphatic carbocycles. The van der Waals surface area contributed by atoms with Gasteiger partial charge in [-0.1, -0.05) is 18.2 Å². The molecule has 0 fully saturated rings. The number of hydrogen-bond acceptors (Lipinski definition) is 7. The summed E-state index contributed by atoms with van der Waals surface area (Å²) < 4.78 is 0. The van der Waals surface area contributed by atoms with Crippen molar-refractivity contribution in [3.63, 3.8) is 0 Å². The van der Waals surface area contributed by atoms with E-state index in [0.29, 0.717) is 24.6 Å². The maximum Gasteiger partial charge on any atom is 0.269 e. The van der Waals surface area contributed by atoms with Crippen LogP contribution in [0.25, 0.3) is 0 Å². The van der Waals surface area contributed by atoms with E-state index in [4.69, 9.17) is 11.5 Å². The van der Waals surface area contributed by atoms with Gasteiger partial charge in [0.1, 0.15) is 11.5 Å². The van der Waals surface area contributed by atoms with E-state index in [1.54, 1.807) is 30.6 Å². The predicted molar refractivity (Wildman–Crippen MR) is 105 cm³/mol. The van der Waals surface area contributed by atoms with E-state index in [0.717, 1.165) is 23.2 Å². The van der Waals surface area contributed by atoms with Crippen LogP contribution in [0.3, 0.4) is 0 Å². The lowest BCUT2D eigenvalue weighted by Gasteiger charge is -2.09. The van der Waals surface area contributed by atoms with Gasteiger partial charge in [-0.3, -0.25) is 9.78 Å². The summed E-state index contributed by atoms with van der Waals surface area (Å²) in [6, 6.07) is 13.2. The van der Waals surface area contributed by atoms with E-state index < -0.39 is 0 Å². The molecular weight excluding hydrogens is 342 g/mol. The molecule has 0 spiro atoms. The summed E-state index contributed by atoms with van der Waals surface area (Å²) in [5.41, 5.74) is 14.6. The molecule has 0 unspecified atom stereocenters. The van der Waals surface area contributed by atoms with Crippen molar-refractivity contribution in [2.45, 2.75) is 13.0 Å². The van der Waals surface area contributed by atoms with Gasteiger partial charge in [-0.25, -0.2) is 4.98 Å². The summed E-state index contributed by atoms with van der Waals surface area (Å²) in [5, 5.41) is 6.13. The highest BCUT2D eigenvalue weighted by molar-refractivity contribution is 5.92. The molecule has 2 heterocycles. The zero-order chi connectivity index (χ0) is 19.1. The number of nitrogen functional groups attached to an aromatic ring is 2. The summed E-state index contributed by atoms with van der Waals surface area (Å²) in [5.74, 6) is 0.364. The number of carbonyl (C=O) groups is 1. The minimum Gasteiger partial charge on any atom is -0.383 e. The van der Waals surface area contributed by atoms with Crippen LogP contribution in [-0.2, 0) is 13.0 Å². The molecule has 0 radical (unpaired) electrons. The van der Waals surface area contributed by atoms with Crippen molar-refractivity contribution in [2.75, 3.05) is 23.3 Å². The van der Waals surface area contributed by atoms with Crippen molar-refractivity contribution in [3.05, 3.63) is 71.7 Å². The highest BCUT2D eigenvalue weighted by atomic mass is 16.1. The quantitative estimate of drug-likeness (QED) is 0.501. The Balaban J connectivity index is 1.46. The Morgan fingerprint density at radius 3 is 2.56 bits per heavy atom. The van der Waals surface area contributed by atoms with E-state index in [2.05, 4.69) is 25.6 Å². The van der Waals surface area contributed by atoms with Crippen LogP contribution < -0.4 is 22.1 Å². The third-order valence-corrected chi connectivity index (χ3v) is 3.95. The Morgan fingerprint density at radius 2 is 1.85 bits per heavy atom. The van der Waals surface area contributed by atoms with E-state index in [1.165, 1.54) is 0 Å². The number of nitrogens with two attached hydrogens (primary N) is 2. The highest BCUT2D eigenvalue weighted by Gasteiger charge is 2.05. The fourth-order valence-corrected chi connectivity index (χ4v) is 2.47. The summed E-state index contributed by atoms with van der Waals surface area (Å²) >= 11 is 0. The monoisotopic (exact) mass is 363 g/mol. The van der Waals surface area contributed by atoms with Crippen LogP contribution in [0.5, 0.6) is 0 Å². The number of benzene rings is 1. The fraction of sp³-hybridized carbons (Fsp3) is 0.158. The Morgan fingerprint density at radius 1 is 1.04 bits per heavy atom. The second-order valence-corrected chi connectivity index (χ2v) is 5.91. The number of amides is 1. The maximum absolute atomic E-state index is 11.9. The normalized spacial score (nSPS) is 10.4. The third kappa shape index (κ3) is 5.15. The molecule has 0 atom stereocenters. The molecule has 27 heavy (non-hydrogen) atoms. The summed E-state index contributed by atoms with van der Waals surface area (Å²) in [4.78, 5) is 23.9. The molecule has 0 aliphatic rings. The van der Waals surface area contributed by atoms with Gasteiger partial charge in [0.15, 0.2) is 0 Å². The number of nitrogens with one attached hydrogen (secondary N) is 2. The Hall–Kier alpha value is -3.68. The molecule has 3 rings (SSSR count). The van der Waals surface area contributed by atoms with Crippen molar-refractivity contribution in [1.29, 1.82) is 0 Å². The van der Waals surface area contributed by atoms with Crippen LogP contribution in [0.15, 0.2) is 54.9 Å². The zero-order valence-corrected chi connectivity index (χ0v) is 14.7. The van der Waals surface area contributed by atoms with Gasteiger partial charge in [0.05, 0.1) is 0 Å². The second-order valence-electron chi connectivity index (χ2n) is 5.91. The Kier molecular flexibility index (Phi) is 5.78. The van der Waals surface area contributed by atoms with E-state index in [1.807, 2.05) is 24.3 Å². The number of hydrogen-bond donors (Lipinski definition) is 4. The lowest BCUT2D eigenvalue weighted by atomic mass is 10.1. The second kappa shape index (κ2) is 8.61. The van der Waals surface area contributed by atoms with Crippen molar-refractivity contribution in [3.8, 4) is 0 Å². The van der Waals surface area contributed by atoms with Crippen molar-refractivity contribution < 1.29 is 4.79 Å². The van der Waals surface area contributed by atoms with Crippen molar-refractivity contribution in [2.24, 2.45) is 0 Å². The molecule has 8 heteroatoms. The largest absolute Gasteiger partial charge is 0.383 e. The first-order chi connectivity index (χ1) is 13.1. The molecule has 3 aromatic rings. The number of carbonyl (C=O) groups excluding carboxylic acids is 1. The van der Waals surface area contributed by atoms with Gasteiger partial charge in [-0.2, -0.15) is 4.98 Å². The van der Waals surface area contributed by atoms with Gasteiger partial charge in [-0.05, 0) is 36.2 Å². The van der Waals surface area contributed by atoms with Crippen LogP contribution in [0, 0.1) is 0 Å². The summed E-state index contributed by atoms with van der Waals surface area (Å²) in [6.07, 6.45) is 3.95. The first-order valence-corrected chi connectivity index (χ1v) is 8.51. The number of anilines is 3. The average molecular weight is 363 g/mol. The Labute approximate surface area is 157 Å². The summed E-state index contributed by atoms with van der Waals surface area (Å²) in [7, 11) is 0. The lowest BCUT2D eigenvalue weighted by molar-refractivity contribution is 0.0949. The van der Waals surface area contributed by atoms with Crippen LogP contribution in [0.2, 0.25) is 0 Å². The maximum atomic E-state index is 11.9. The SMILES string of the molecule is Nc1ncc(CNc2ccc(CCNC(=O)c3ccccn3)cc2)c(N)n1. The zero-order valence-electron chi connectivity index (χ0n) is 14.7. The molecule has 0 saturated carbocycles. The van der Waals surface area contributed by atoms with Crippen LogP contribution in [0.1, 0.15) is 21.6 Å². The van der Waals surface area contributed by atoms with Gasteiger partial charge < -0.3 is 22.1 Å². The van der Waals surface area contributed by atoms with Gasteiger partial charge in [0.2, 0.25) is 5.95 Å². The molecule has 0 saturated heterocycles. The lowest BCUT2D eigenvalue weighted by Crippen LogP contribution is -2.26. The number of pyridine rings is 1. The number of aromatic nitrogens is 3. The highest BCUT2D eigenvalue weighted by Crippen LogP contribution is 2.14. The number of nitrogens with zero attached hydrogens (tertiary/aromatic N) is 3. The van der Waals surface area contributed by atoms with Crippen molar-refractivity contribution in [1.82, 2.24) is 20.3 Å². The van der Waals surface area contributed by atoms with Crippen LogP contribution in [0.4, 0.5) is 17.5 Å². The Bertz CT molecular complexity index is 898. The number of rotatable bonds is 7. The molecule has 138 valence electrons. The predicted octanol–water partition coefficient (Wildman–Crippen LogP) is 1.62. The smallest absolute Gasteiger partial charge is 0.269 e. The molecule has 2 aromatic heterocycles. The molecule has 0 aliphatic heterocycles. The first-order valence-electron chi connectivity index (χ1n) is 8.51. The van der Waals surface area contributed by atoms with E-state index >= 15 is 0 Å². The molecule has 0 bridgehead atoms. The molecule has 1 amide bonds. The molecule has 1 aromatic carbocycles. The minimum absolute atomic E-state index is 0.163. The van der Waals surface area contributed by atoms with Crippen molar-refractivity contribution >= 4 is 23.4 Å². The summed E-state index contributed by atoms with van der Waals surface area (Å²) in [6.45, 7) is 1.05. The minimum atomic E-state index is -0.169. The van der Waals surface area contributed by atoms with Gasteiger partial charge in [0.25, 0.3) is 5.91 Å². The van der Waals surface area contributed by atoms with Gasteiger partial charge in [0, 0.05) is 36.7 Å². The molecule has 8 nitrogen and oxygen atoms in total. The topological polar surface area (TPSA) is 132 Å². The standard InChI is InChI=1S/C19H21N7O/c20-17-14(12-25-19(21)26-17)11-24-15-6-4-13(5-7-15)8-10-23-18(27)16-3-1-2-9-22-16/h1-7,9,12,24H,8,10-11H2,(H,23,27)(H4,20,21,25,26). The first kappa shape index (κ1) is 18.1. The average Bonchev–Trinajstić information content (AvgIpc) is 2.69. The van der Waals surface area contributed by atoms with E-state index in [9.17, 15) is 4.79 Å². The van der Waals surface area contributed by atoms with Gasteiger partial charge in [-0.15, -0.1) is 0 Å². The fourth-order valence-electron chi connectivity index (χ4n) is 2.47.